The summed E-state index contributed by atoms with van der Waals surface area (Å²) < 4.78 is 14.3. The van der Waals surface area contributed by atoms with Gasteiger partial charge in [0.1, 0.15) is 6.10 Å². The number of anilines is 2. The Hall–Kier alpha value is -4.52. The Morgan fingerprint density at radius 2 is 1.49 bits per heavy atom. The number of Topliss-reactive ketones (excluding diaryl/α,β-unsaturated/α-hetero) is 1. The zero-order chi connectivity index (χ0) is 36.4. The third-order valence-corrected chi connectivity index (χ3v) is 11.0. The molecule has 0 aliphatic heterocycles. The first-order chi connectivity index (χ1) is 24.6. The molecule has 0 N–H and O–H groups in total. The number of carbonyl (C=O) groups is 1. The molecule has 0 bridgehead atoms. The average molecular weight is 685 g/mol. The first-order valence-electron chi connectivity index (χ1n) is 18.4. The number of aryl methyl sites for hydroxylation is 4. The first-order valence-corrected chi connectivity index (χ1v) is 18.4. The fourth-order valence-electron chi connectivity index (χ4n) is 8.27. The molecule has 3 aromatic rings. The number of allylic oxidation sites excluding steroid dienone is 7. The number of nitrogens with zero attached hydrogens (tertiary/aromatic N) is 2. The van der Waals surface area contributed by atoms with Gasteiger partial charge in [0.2, 0.25) is 11.4 Å². The molecule has 0 heterocycles. The Kier molecular flexibility index (Phi) is 10.9. The van der Waals surface area contributed by atoms with E-state index in [9.17, 15) is 9.90 Å². The van der Waals surface area contributed by atoms with Crippen molar-refractivity contribution in [1.82, 2.24) is 0 Å². The molecular formula is C45H52N2O4. The third-order valence-electron chi connectivity index (χ3n) is 11.0. The van der Waals surface area contributed by atoms with Gasteiger partial charge in [-0.1, -0.05) is 60.6 Å². The summed E-state index contributed by atoms with van der Waals surface area (Å²) in [5.74, 6) is -0.410. The van der Waals surface area contributed by atoms with Crippen molar-refractivity contribution in [1.29, 1.82) is 0 Å². The van der Waals surface area contributed by atoms with Gasteiger partial charge in [0, 0.05) is 66.9 Å². The molecule has 3 aliphatic rings. The van der Waals surface area contributed by atoms with Gasteiger partial charge in [0.15, 0.2) is 11.8 Å². The van der Waals surface area contributed by atoms with Crippen LogP contribution in [0.2, 0.25) is 0 Å². The largest absolute Gasteiger partial charge is 0.871 e. The number of carbonyl (C=O) groups excluding carboxylic acids is 1. The Balaban J connectivity index is 1.32. The van der Waals surface area contributed by atoms with Crippen molar-refractivity contribution < 1.29 is 24.0 Å². The van der Waals surface area contributed by atoms with Gasteiger partial charge in [-0.2, -0.15) is 4.58 Å². The van der Waals surface area contributed by atoms with Gasteiger partial charge < -0.3 is 19.5 Å². The molecule has 266 valence electrons. The highest BCUT2D eigenvalue weighted by Gasteiger charge is 2.38. The summed E-state index contributed by atoms with van der Waals surface area (Å²) >= 11 is 0. The summed E-state index contributed by atoms with van der Waals surface area (Å²) in [6.07, 6.45) is 13.3. The molecule has 51 heavy (non-hydrogen) atoms. The van der Waals surface area contributed by atoms with E-state index in [2.05, 4.69) is 87.4 Å². The second kappa shape index (κ2) is 15.4. The van der Waals surface area contributed by atoms with E-state index in [0.29, 0.717) is 11.1 Å². The van der Waals surface area contributed by atoms with Crippen LogP contribution in [0.25, 0.3) is 5.57 Å². The van der Waals surface area contributed by atoms with Crippen LogP contribution in [0.3, 0.4) is 0 Å². The van der Waals surface area contributed by atoms with Gasteiger partial charge in [-0.25, -0.2) is 0 Å². The molecule has 0 radical (unpaired) electrons. The average Bonchev–Trinajstić information content (AvgIpc) is 3.12. The predicted octanol–water partition coefficient (Wildman–Crippen LogP) is 8.69. The van der Waals surface area contributed by atoms with Gasteiger partial charge in [0.25, 0.3) is 0 Å². The highest BCUT2D eigenvalue weighted by Crippen LogP contribution is 2.40. The van der Waals surface area contributed by atoms with Gasteiger partial charge in [0.05, 0.1) is 12.1 Å². The van der Waals surface area contributed by atoms with Crippen LogP contribution in [0.1, 0.15) is 73.8 Å². The molecule has 6 rings (SSSR count). The minimum atomic E-state index is -0.205. The Morgan fingerprint density at radius 1 is 0.843 bits per heavy atom. The molecule has 0 amide bonds. The van der Waals surface area contributed by atoms with E-state index in [-0.39, 0.29) is 47.0 Å². The van der Waals surface area contributed by atoms with E-state index in [1.807, 2.05) is 55.7 Å². The number of hydrogen-bond acceptors (Lipinski definition) is 5. The Morgan fingerprint density at radius 3 is 2.08 bits per heavy atom. The molecule has 3 aromatic carbocycles. The fraction of sp³-hybridized carbons (Fsp3) is 0.378. The van der Waals surface area contributed by atoms with E-state index < -0.39 is 0 Å². The van der Waals surface area contributed by atoms with Crippen LogP contribution in [-0.2, 0) is 14.3 Å². The highest BCUT2D eigenvalue weighted by molar-refractivity contribution is 6.39. The quantitative estimate of drug-likeness (QED) is 0.158. The lowest BCUT2D eigenvalue weighted by atomic mass is 9.80. The maximum absolute atomic E-state index is 13.7. The zero-order valence-corrected chi connectivity index (χ0v) is 31.5. The Bertz CT molecular complexity index is 1940. The van der Waals surface area contributed by atoms with Crippen LogP contribution in [0.15, 0.2) is 102 Å². The van der Waals surface area contributed by atoms with Crippen LogP contribution >= 0.6 is 0 Å². The lowest BCUT2D eigenvalue weighted by molar-refractivity contribution is -0.502. The predicted molar refractivity (Wildman–Crippen MR) is 206 cm³/mol. The van der Waals surface area contributed by atoms with E-state index in [0.717, 1.165) is 54.9 Å². The van der Waals surface area contributed by atoms with Crippen molar-refractivity contribution in [3.63, 3.8) is 0 Å². The molecule has 3 aliphatic carbocycles. The summed E-state index contributed by atoms with van der Waals surface area (Å²) in [5, 5.41) is 13.7. The van der Waals surface area contributed by atoms with E-state index in [1.165, 1.54) is 22.3 Å². The number of hydrogen-bond donors (Lipinski definition) is 0. The smallest absolute Gasteiger partial charge is 0.208 e. The van der Waals surface area contributed by atoms with Crippen molar-refractivity contribution in [3.05, 3.63) is 130 Å². The van der Waals surface area contributed by atoms with Crippen molar-refractivity contribution in [2.75, 3.05) is 19.1 Å². The molecule has 6 heteroatoms. The molecule has 0 spiro atoms. The van der Waals surface area contributed by atoms with Crippen LogP contribution < -0.4 is 10.0 Å². The summed E-state index contributed by atoms with van der Waals surface area (Å²) in [4.78, 5) is 16.0. The lowest BCUT2D eigenvalue weighted by Crippen LogP contribution is -2.41. The van der Waals surface area contributed by atoms with Crippen molar-refractivity contribution >= 4 is 34.1 Å². The second-order valence-corrected chi connectivity index (χ2v) is 14.4. The fourth-order valence-corrected chi connectivity index (χ4v) is 8.27. The van der Waals surface area contributed by atoms with Crippen LogP contribution in [0, 0.1) is 27.7 Å². The molecule has 1 fully saturated rings. The van der Waals surface area contributed by atoms with E-state index >= 15 is 0 Å². The van der Waals surface area contributed by atoms with Gasteiger partial charge >= 0.3 is 0 Å². The maximum Gasteiger partial charge on any atom is 0.208 e. The number of ether oxygens (including phenoxy) is 2. The molecular weight excluding hydrogens is 633 g/mol. The van der Waals surface area contributed by atoms with Crippen LogP contribution in [-0.4, -0.2) is 54.6 Å². The topological polar surface area (TPSA) is 64.8 Å². The van der Waals surface area contributed by atoms with E-state index in [4.69, 9.17) is 9.47 Å². The lowest BCUT2D eigenvalue weighted by Gasteiger charge is -2.37. The van der Waals surface area contributed by atoms with Gasteiger partial charge in [-0.05, 0) is 107 Å². The summed E-state index contributed by atoms with van der Waals surface area (Å²) in [7, 11) is 3.57. The van der Waals surface area contributed by atoms with Crippen molar-refractivity contribution in [2.24, 2.45) is 0 Å². The van der Waals surface area contributed by atoms with Gasteiger partial charge in [-0.3, -0.25) is 4.79 Å². The number of benzene rings is 3. The summed E-state index contributed by atoms with van der Waals surface area (Å²) in [5.41, 5.74) is 10.9. The SMILES string of the molecule is CCC(OC)C(C)N(c1ccc(C2=C([O-])C(=C3C=CC(=[N+](c4ccc(C)cc4C)C4CCCCC4OC)C=C3)C2=O)cc1)c1ccc(C)cc1C. The molecule has 0 saturated heterocycles. The molecule has 1 saturated carbocycles. The first kappa shape index (κ1) is 36.3. The minimum Gasteiger partial charge on any atom is -0.871 e. The monoisotopic (exact) mass is 684 g/mol. The third kappa shape index (κ3) is 7.04. The minimum absolute atomic E-state index is 0.0233. The normalized spacial score (nSPS) is 20.1. The highest BCUT2D eigenvalue weighted by atomic mass is 16.5. The van der Waals surface area contributed by atoms with Crippen molar-refractivity contribution in [2.45, 2.75) is 97.9 Å². The van der Waals surface area contributed by atoms with Gasteiger partial charge in [-0.15, -0.1) is 0 Å². The number of rotatable bonds is 10. The molecule has 4 unspecified atom stereocenters. The molecule has 0 aromatic heterocycles. The summed E-state index contributed by atoms with van der Waals surface area (Å²) in [6, 6.07) is 21.1. The standard InChI is InChI=1S/C45H52N2O4/c1-9-40(50-7)32(6)46(37-24-14-28(2)26-30(37)4)35-20-16-33(17-21-35)42-44(48)43(45(42)49)34-18-22-36(23-19-34)47(38-25-15-29(3)27-31(38)5)39-12-10-11-13-41(39)51-8/h14-27,32,39-41H,9-13H2,1-8H3. The number of methoxy groups -OCH3 is 2. The Labute approximate surface area is 304 Å². The van der Waals surface area contributed by atoms with Crippen molar-refractivity contribution in [3.8, 4) is 0 Å². The number of ketones is 1. The second-order valence-electron chi connectivity index (χ2n) is 14.4. The van der Waals surface area contributed by atoms with Crippen LogP contribution in [0.5, 0.6) is 0 Å². The van der Waals surface area contributed by atoms with Crippen LogP contribution in [0.4, 0.5) is 17.1 Å². The maximum atomic E-state index is 13.7. The molecule has 4 atom stereocenters. The zero-order valence-electron chi connectivity index (χ0n) is 31.5. The molecule has 6 nitrogen and oxygen atoms in total. The van der Waals surface area contributed by atoms with E-state index in [1.54, 1.807) is 7.11 Å². The summed E-state index contributed by atoms with van der Waals surface area (Å²) in [6.45, 7) is 12.8.